The zero-order valence-electron chi connectivity index (χ0n) is 15.9. The van der Waals surface area contributed by atoms with Crippen LogP contribution in [0.5, 0.6) is 5.75 Å². The minimum absolute atomic E-state index is 0.243. The lowest BCUT2D eigenvalue weighted by Gasteiger charge is -2.31. The highest BCUT2D eigenvalue weighted by molar-refractivity contribution is 6.07. The molecule has 2 atom stereocenters. The number of hydrogen-bond donors (Lipinski definition) is 0. The molecule has 2 rings (SSSR count). The first-order valence-corrected chi connectivity index (χ1v) is 8.68. The zero-order valence-corrected chi connectivity index (χ0v) is 15.9. The minimum atomic E-state index is -0.690. The number of ether oxygens (including phenoxy) is 3. The maximum absolute atomic E-state index is 12.7. The Morgan fingerprint density at radius 2 is 1.81 bits per heavy atom. The molecule has 1 unspecified atom stereocenters. The van der Waals surface area contributed by atoms with E-state index < -0.39 is 23.8 Å². The number of methoxy groups -OCH3 is 1. The van der Waals surface area contributed by atoms with Crippen molar-refractivity contribution in [1.82, 2.24) is 0 Å². The molecule has 0 saturated carbocycles. The van der Waals surface area contributed by atoms with Gasteiger partial charge < -0.3 is 14.2 Å². The first-order chi connectivity index (χ1) is 12.4. The Morgan fingerprint density at radius 1 is 1.12 bits per heavy atom. The fourth-order valence-electron chi connectivity index (χ4n) is 3.24. The average Bonchev–Trinajstić information content (AvgIpc) is 2.61. The van der Waals surface area contributed by atoms with Gasteiger partial charge in [-0.2, -0.15) is 0 Å². The summed E-state index contributed by atoms with van der Waals surface area (Å²) in [4.78, 5) is 29.8. The van der Waals surface area contributed by atoms with E-state index >= 15 is 0 Å². The summed E-state index contributed by atoms with van der Waals surface area (Å²) in [5.41, 5.74) is 2.32. The van der Waals surface area contributed by atoms with Crippen LogP contribution < -0.4 is 4.74 Å². The monoisotopic (exact) mass is 359 g/mol. The predicted molar refractivity (Wildman–Crippen MR) is 98.3 cm³/mol. The lowest BCUT2D eigenvalue weighted by atomic mass is 9.75. The molecule has 0 aliphatic carbocycles. The van der Waals surface area contributed by atoms with Crippen molar-refractivity contribution in [2.75, 3.05) is 20.3 Å². The summed E-state index contributed by atoms with van der Waals surface area (Å²) in [6.07, 6.45) is 0. The van der Waals surface area contributed by atoms with E-state index in [1.807, 2.05) is 24.3 Å². The molecule has 140 valence electrons. The quantitative estimate of drug-likeness (QED) is 0.729. The maximum Gasteiger partial charge on any atom is 0.336 e. The molecule has 1 aromatic carbocycles. The van der Waals surface area contributed by atoms with Gasteiger partial charge in [-0.1, -0.05) is 12.1 Å². The summed E-state index contributed by atoms with van der Waals surface area (Å²) in [5, 5.41) is 0. The van der Waals surface area contributed by atoms with Crippen molar-refractivity contribution >= 4 is 17.7 Å². The number of rotatable bonds is 6. The van der Waals surface area contributed by atoms with E-state index in [-0.39, 0.29) is 13.2 Å². The standard InChI is InChI=1S/C20H25NO5/c1-6-25-19(22)16-12(3)21-13(4)17(20(23)26-7-2)18(16)14-9-8-10-15(11-14)24-5/h8-11,16,18H,6-7H2,1-5H3/t16?,18-/m1/s1. The number of benzene rings is 1. The van der Waals surface area contributed by atoms with Crippen molar-refractivity contribution in [2.24, 2.45) is 10.9 Å². The van der Waals surface area contributed by atoms with Crippen molar-refractivity contribution in [3.63, 3.8) is 0 Å². The number of allylic oxidation sites excluding steroid dienone is 1. The number of hydrogen-bond acceptors (Lipinski definition) is 6. The highest BCUT2D eigenvalue weighted by Gasteiger charge is 2.42. The smallest absolute Gasteiger partial charge is 0.336 e. The van der Waals surface area contributed by atoms with Crippen LogP contribution in [0.15, 0.2) is 40.5 Å². The molecule has 0 amide bonds. The van der Waals surface area contributed by atoms with Gasteiger partial charge in [0.05, 0.1) is 25.9 Å². The van der Waals surface area contributed by atoms with Crippen molar-refractivity contribution in [1.29, 1.82) is 0 Å². The fraction of sp³-hybridized carbons (Fsp3) is 0.450. The highest BCUT2D eigenvalue weighted by atomic mass is 16.5. The summed E-state index contributed by atoms with van der Waals surface area (Å²) < 4.78 is 15.8. The second-order valence-corrected chi connectivity index (χ2v) is 5.96. The molecule has 1 aromatic rings. The molecular formula is C20H25NO5. The molecule has 1 heterocycles. The van der Waals surface area contributed by atoms with Gasteiger partial charge in [0.2, 0.25) is 0 Å². The van der Waals surface area contributed by atoms with Crippen molar-refractivity contribution in [3.8, 4) is 5.75 Å². The summed E-state index contributed by atoms with van der Waals surface area (Å²) in [6, 6.07) is 7.33. The molecule has 0 N–H and O–H groups in total. The van der Waals surface area contributed by atoms with Gasteiger partial charge in [-0.25, -0.2) is 4.79 Å². The van der Waals surface area contributed by atoms with Crippen LogP contribution >= 0.6 is 0 Å². The van der Waals surface area contributed by atoms with Crippen LogP contribution in [0.3, 0.4) is 0 Å². The van der Waals surface area contributed by atoms with Crippen molar-refractivity contribution in [2.45, 2.75) is 33.6 Å². The third kappa shape index (κ3) is 3.95. The molecule has 26 heavy (non-hydrogen) atoms. The Morgan fingerprint density at radius 3 is 2.42 bits per heavy atom. The van der Waals surface area contributed by atoms with E-state index in [0.717, 1.165) is 5.56 Å². The molecule has 0 aromatic heterocycles. The molecule has 0 bridgehead atoms. The Labute approximate surface area is 153 Å². The third-order valence-electron chi connectivity index (χ3n) is 4.32. The molecule has 1 aliphatic rings. The zero-order chi connectivity index (χ0) is 19.3. The maximum atomic E-state index is 12.7. The number of aliphatic imine (C=N–C) groups is 1. The highest BCUT2D eigenvalue weighted by Crippen LogP contribution is 2.40. The lowest BCUT2D eigenvalue weighted by molar-refractivity contribution is -0.146. The minimum Gasteiger partial charge on any atom is -0.497 e. The molecule has 0 radical (unpaired) electrons. The molecular weight excluding hydrogens is 334 g/mol. The number of nitrogens with zero attached hydrogens (tertiary/aromatic N) is 1. The van der Waals surface area contributed by atoms with Gasteiger partial charge in [-0.05, 0) is 45.4 Å². The van der Waals surface area contributed by atoms with Crippen molar-refractivity contribution < 1.29 is 23.8 Å². The SMILES string of the molecule is CCOC(=O)C1=C(C)N=C(C)C(C(=O)OCC)[C@H]1c1cccc(OC)c1. The van der Waals surface area contributed by atoms with E-state index in [0.29, 0.717) is 22.7 Å². The number of carbonyl (C=O) groups is 2. The van der Waals surface area contributed by atoms with Crippen LogP contribution in [-0.4, -0.2) is 38.0 Å². The van der Waals surface area contributed by atoms with Gasteiger partial charge in [0.25, 0.3) is 0 Å². The molecule has 6 nitrogen and oxygen atoms in total. The van der Waals surface area contributed by atoms with E-state index in [1.54, 1.807) is 34.8 Å². The second kappa shape index (κ2) is 8.65. The van der Waals surface area contributed by atoms with E-state index in [1.165, 1.54) is 0 Å². The lowest BCUT2D eigenvalue weighted by Crippen LogP contribution is -2.36. The van der Waals surface area contributed by atoms with Crippen LogP contribution in [-0.2, 0) is 19.1 Å². The summed E-state index contributed by atoms with van der Waals surface area (Å²) in [7, 11) is 1.57. The third-order valence-corrected chi connectivity index (χ3v) is 4.32. The molecule has 1 aliphatic heterocycles. The Kier molecular flexibility index (Phi) is 6.55. The largest absolute Gasteiger partial charge is 0.497 e. The van der Waals surface area contributed by atoms with Gasteiger partial charge in [0.15, 0.2) is 0 Å². The summed E-state index contributed by atoms with van der Waals surface area (Å²) in [6.45, 7) is 7.53. The molecule has 6 heteroatoms. The van der Waals surface area contributed by atoms with Crippen LogP contribution in [0.2, 0.25) is 0 Å². The van der Waals surface area contributed by atoms with E-state index in [4.69, 9.17) is 14.2 Å². The fourth-order valence-corrected chi connectivity index (χ4v) is 3.24. The summed E-state index contributed by atoms with van der Waals surface area (Å²) in [5.74, 6) is -1.46. The second-order valence-electron chi connectivity index (χ2n) is 5.96. The average molecular weight is 359 g/mol. The van der Waals surface area contributed by atoms with Crippen LogP contribution in [0, 0.1) is 5.92 Å². The summed E-state index contributed by atoms with van der Waals surface area (Å²) >= 11 is 0. The Bertz CT molecular complexity index is 750. The van der Waals surface area contributed by atoms with Gasteiger partial charge >= 0.3 is 11.9 Å². The Balaban J connectivity index is 2.63. The van der Waals surface area contributed by atoms with Gasteiger partial charge in [-0.15, -0.1) is 0 Å². The molecule has 0 spiro atoms. The van der Waals surface area contributed by atoms with Crippen molar-refractivity contribution in [3.05, 3.63) is 41.1 Å². The van der Waals surface area contributed by atoms with E-state index in [2.05, 4.69) is 4.99 Å². The van der Waals surface area contributed by atoms with Gasteiger partial charge in [0, 0.05) is 17.3 Å². The van der Waals surface area contributed by atoms with E-state index in [9.17, 15) is 9.59 Å². The normalized spacial score (nSPS) is 19.7. The van der Waals surface area contributed by atoms with Crippen LogP contribution in [0.1, 0.15) is 39.2 Å². The molecule has 0 fully saturated rings. The Hall–Kier alpha value is -2.63. The van der Waals surface area contributed by atoms with Crippen LogP contribution in [0.25, 0.3) is 0 Å². The van der Waals surface area contributed by atoms with Gasteiger partial charge in [-0.3, -0.25) is 9.79 Å². The predicted octanol–water partition coefficient (Wildman–Crippen LogP) is 3.27. The number of carbonyl (C=O) groups excluding carboxylic acids is 2. The van der Waals surface area contributed by atoms with Crippen LogP contribution in [0.4, 0.5) is 0 Å². The van der Waals surface area contributed by atoms with Gasteiger partial charge in [0.1, 0.15) is 11.7 Å². The topological polar surface area (TPSA) is 74.2 Å². The first-order valence-electron chi connectivity index (χ1n) is 8.68. The first kappa shape index (κ1) is 19.7. The molecule has 0 saturated heterocycles. The number of esters is 2.